The van der Waals surface area contributed by atoms with Crippen LogP contribution in [0.5, 0.6) is 0 Å². The number of benzene rings is 1. The lowest BCUT2D eigenvalue weighted by Gasteiger charge is -2.26. The summed E-state index contributed by atoms with van der Waals surface area (Å²) in [5.41, 5.74) is 1.48. The quantitative estimate of drug-likeness (QED) is 0.0733. The summed E-state index contributed by atoms with van der Waals surface area (Å²) in [4.78, 5) is 9.48. The molecule has 0 aromatic heterocycles. The highest BCUT2D eigenvalue weighted by molar-refractivity contribution is 6.18. The minimum Gasteiger partial charge on any atom is -0.0965 e. The highest BCUT2D eigenvalue weighted by Gasteiger charge is 2.35. The van der Waals surface area contributed by atoms with Gasteiger partial charge < -0.3 is 0 Å². The topological polar surface area (TPSA) is 24.7 Å². The molecule has 0 fully saturated rings. The van der Waals surface area contributed by atoms with Gasteiger partial charge in [-0.25, -0.2) is 0 Å². The van der Waals surface area contributed by atoms with Crippen LogP contribution in [0.1, 0.15) is 174 Å². The molecule has 40 heavy (non-hydrogen) atoms. The summed E-state index contributed by atoms with van der Waals surface area (Å²) in [7, 11) is 0. The molecule has 2 rings (SSSR count). The summed E-state index contributed by atoms with van der Waals surface area (Å²) in [5, 5.41) is 0. The Morgan fingerprint density at radius 3 is 1.35 bits per heavy atom. The predicted octanol–water partition coefficient (Wildman–Crippen LogP) is 12.5. The zero-order valence-corrected chi connectivity index (χ0v) is 26.8. The van der Waals surface area contributed by atoms with Crippen molar-refractivity contribution in [3.8, 4) is 0 Å². The number of unbranched alkanes of at least 4 members (excludes halogenated alkanes) is 20. The summed E-state index contributed by atoms with van der Waals surface area (Å²) in [6.45, 7) is 4.61. The summed E-state index contributed by atoms with van der Waals surface area (Å²) in [6.07, 6.45) is 39.6. The Morgan fingerprint density at radius 2 is 0.900 bits per heavy atom. The van der Waals surface area contributed by atoms with E-state index in [4.69, 9.17) is 9.98 Å². The second-order valence-electron chi connectivity index (χ2n) is 12.6. The van der Waals surface area contributed by atoms with Gasteiger partial charge in [-0.15, -0.1) is 0 Å². The number of rotatable bonds is 28. The molecule has 2 nitrogen and oxygen atoms in total. The Labute approximate surface area is 250 Å². The van der Waals surface area contributed by atoms with E-state index in [1.807, 2.05) is 12.4 Å². The van der Waals surface area contributed by atoms with Gasteiger partial charge in [0.05, 0.1) is 5.92 Å². The van der Waals surface area contributed by atoms with Crippen molar-refractivity contribution in [1.82, 2.24) is 0 Å². The highest BCUT2D eigenvalue weighted by atomic mass is 15.0. The van der Waals surface area contributed by atoms with Gasteiger partial charge >= 0.3 is 0 Å². The van der Waals surface area contributed by atoms with Gasteiger partial charge in [-0.2, -0.15) is 0 Å². The van der Waals surface area contributed by atoms with Crippen LogP contribution >= 0.6 is 0 Å². The average molecular weight is 550 g/mol. The molecular weight excluding hydrogens is 484 g/mol. The fourth-order valence-electron chi connectivity index (χ4n) is 6.48. The Kier molecular flexibility index (Phi) is 21.8. The van der Waals surface area contributed by atoms with E-state index < -0.39 is 0 Å². The molecule has 0 spiro atoms. The van der Waals surface area contributed by atoms with Gasteiger partial charge in [-0.1, -0.05) is 195 Å². The SMILES string of the molecule is CCCCCCCCCCCCCCCC([C+]1N=CC=N1)C(CCCCCCCCCCC)Cc1ccccc1. The standard InChI is InChI=1S/C38H65N2/c1-3-5-7-9-11-13-14-15-16-18-20-22-27-31-37(38-39-32-33-40-38)36(34-35-28-24-23-25-29-35)30-26-21-19-17-12-10-8-6-4-2/h23-25,28-29,32-33,36-37H,3-22,26-27,30-31,34H2,1-2H3/q+1. The van der Waals surface area contributed by atoms with Crippen molar-refractivity contribution in [3.63, 3.8) is 0 Å². The van der Waals surface area contributed by atoms with Gasteiger partial charge in [0.25, 0.3) is 0 Å². The Morgan fingerprint density at radius 1 is 0.500 bits per heavy atom. The van der Waals surface area contributed by atoms with Crippen molar-refractivity contribution in [1.29, 1.82) is 0 Å². The largest absolute Gasteiger partial charge is 0.244 e. The molecule has 0 saturated heterocycles. The molecule has 0 bridgehead atoms. The number of aliphatic imine (C=N–C) groups is 2. The third-order valence-electron chi connectivity index (χ3n) is 9.02. The van der Waals surface area contributed by atoms with E-state index in [-0.39, 0.29) is 0 Å². The van der Waals surface area contributed by atoms with Gasteiger partial charge in [0.15, 0.2) is 12.4 Å². The van der Waals surface area contributed by atoms with E-state index in [0.717, 1.165) is 12.6 Å². The maximum absolute atomic E-state index is 4.74. The van der Waals surface area contributed by atoms with Gasteiger partial charge in [-0.3, -0.25) is 0 Å². The molecule has 2 unspecified atom stereocenters. The minimum atomic E-state index is 0.497. The van der Waals surface area contributed by atoms with Crippen molar-refractivity contribution in [2.45, 2.75) is 174 Å². The summed E-state index contributed by atoms with van der Waals surface area (Å²) in [6, 6.07) is 11.2. The molecule has 0 N–H and O–H groups in total. The van der Waals surface area contributed by atoms with E-state index >= 15 is 0 Å². The van der Waals surface area contributed by atoms with E-state index in [0.29, 0.717) is 11.8 Å². The second-order valence-corrected chi connectivity index (χ2v) is 12.6. The maximum atomic E-state index is 4.74. The third-order valence-corrected chi connectivity index (χ3v) is 9.02. The summed E-state index contributed by atoms with van der Waals surface area (Å²) in [5.74, 6) is 1.14. The van der Waals surface area contributed by atoms with Gasteiger partial charge in [-0.05, 0) is 30.7 Å². The van der Waals surface area contributed by atoms with Gasteiger partial charge in [0, 0.05) is 0 Å². The highest BCUT2D eigenvalue weighted by Crippen LogP contribution is 2.37. The van der Waals surface area contributed by atoms with Crippen LogP contribution in [-0.4, -0.2) is 12.4 Å². The van der Waals surface area contributed by atoms with Crippen LogP contribution in [-0.2, 0) is 6.42 Å². The van der Waals surface area contributed by atoms with E-state index in [1.165, 1.54) is 160 Å². The molecule has 0 saturated carbocycles. The molecule has 1 aromatic carbocycles. The number of hydrogen-bond donors (Lipinski definition) is 0. The van der Waals surface area contributed by atoms with Crippen LogP contribution in [0.15, 0.2) is 40.3 Å². The Balaban J connectivity index is 1.72. The third kappa shape index (κ3) is 17.3. The van der Waals surface area contributed by atoms with Gasteiger partial charge in [0.1, 0.15) is 0 Å². The zero-order valence-electron chi connectivity index (χ0n) is 26.8. The molecule has 1 heterocycles. The number of nitrogens with zero attached hydrogens (tertiary/aromatic N) is 2. The molecule has 0 aliphatic carbocycles. The molecule has 0 amide bonds. The van der Waals surface area contributed by atoms with Crippen LogP contribution < -0.4 is 0 Å². The first-order chi connectivity index (χ1) is 19.8. The van der Waals surface area contributed by atoms with E-state index in [9.17, 15) is 0 Å². The molecule has 1 aliphatic rings. The van der Waals surface area contributed by atoms with Crippen LogP contribution in [0.4, 0.5) is 0 Å². The first kappa shape index (κ1) is 34.6. The average Bonchev–Trinajstić information content (AvgIpc) is 3.51. The fraction of sp³-hybridized carbons (Fsp3) is 0.763. The second kappa shape index (κ2) is 25.2. The fourth-order valence-corrected chi connectivity index (χ4v) is 6.48. The molecule has 1 aliphatic heterocycles. The van der Waals surface area contributed by atoms with E-state index in [2.05, 4.69) is 44.2 Å². The first-order valence-corrected chi connectivity index (χ1v) is 17.8. The summed E-state index contributed by atoms with van der Waals surface area (Å²) < 4.78 is 0. The van der Waals surface area contributed by atoms with Crippen molar-refractivity contribution in [2.75, 3.05) is 0 Å². The Bertz CT molecular complexity index is 712. The predicted molar refractivity (Wildman–Crippen MR) is 180 cm³/mol. The zero-order chi connectivity index (χ0) is 28.4. The number of hydrogen-bond acceptors (Lipinski definition) is 2. The first-order valence-electron chi connectivity index (χ1n) is 17.8. The van der Waals surface area contributed by atoms with Crippen molar-refractivity contribution in [3.05, 3.63) is 42.1 Å². The van der Waals surface area contributed by atoms with Gasteiger partial charge in [0.2, 0.25) is 6.17 Å². The van der Waals surface area contributed by atoms with Crippen molar-refractivity contribution < 1.29 is 0 Å². The molecule has 1 aromatic rings. The maximum Gasteiger partial charge on any atom is 0.244 e. The van der Waals surface area contributed by atoms with E-state index in [1.54, 1.807) is 0 Å². The molecule has 226 valence electrons. The van der Waals surface area contributed by atoms with Crippen LogP contribution in [0.2, 0.25) is 0 Å². The molecule has 2 atom stereocenters. The van der Waals surface area contributed by atoms with Crippen LogP contribution in [0.25, 0.3) is 0 Å². The lowest BCUT2D eigenvalue weighted by atomic mass is 9.78. The molecule has 2 heteroatoms. The lowest BCUT2D eigenvalue weighted by Crippen LogP contribution is -2.22. The minimum absolute atomic E-state index is 0.497. The van der Waals surface area contributed by atoms with Crippen molar-refractivity contribution >= 4 is 12.4 Å². The normalized spacial score (nSPS) is 14.3. The monoisotopic (exact) mass is 550 g/mol. The smallest absolute Gasteiger partial charge is 0.0965 e. The molecule has 0 radical (unpaired) electrons. The molecular formula is C38H65N2+. The van der Waals surface area contributed by atoms with Crippen LogP contribution in [0, 0.1) is 18.0 Å². The summed E-state index contributed by atoms with van der Waals surface area (Å²) >= 11 is 0. The van der Waals surface area contributed by atoms with Crippen molar-refractivity contribution in [2.24, 2.45) is 21.8 Å². The van der Waals surface area contributed by atoms with Crippen LogP contribution in [0.3, 0.4) is 0 Å². The lowest BCUT2D eigenvalue weighted by molar-refractivity contribution is 0.284. The Hall–Kier alpha value is -1.57.